The Morgan fingerprint density at radius 3 is 1.44 bits per heavy atom. The van der Waals surface area contributed by atoms with Gasteiger partial charge in [0.2, 0.25) is 0 Å². The van der Waals surface area contributed by atoms with Gasteiger partial charge in [0.1, 0.15) is 0 Å². The molecule has 242 valence electrons. The summed E-state index contributed by atoms with van der Waals surface area (Å²) in [4.78, 5) is 14.7. The molecule has 0 N–H and O–H groups in total. The standard InChI is InChI=1S/C49H31N3/c1-2-10-34(11-3-1)47-29-48(52-49(51-47)36-24-20-33(21-25-36)46-31-50-30-38-12-4-5-13-39(38)46)35-22-18-32(19-23-35)37-26-27-44-42-16-7-6-14-40(42)41-15-8-9-17-43(41)45(44)28-37/h1-31H. The van der Waals surface area contributed by atoms with Gasteiger partial charge in [-0.2, -0.15) is 0 Å². The molecule has 0 aliphatic heterocycles. The highest BCUT2D eigenvalue weighted by Gasteiger charge is 2.13. The lowest BCUT2D eigenvalue weighted by atomic mass is 9.92. The first-order valence-electron chi connectivity index (χ1n) is 17.6. The van der Waals surface area contributed by atoms with Crippen LogP contribution >= 0.6 is 0 Å². The van der Waals surface area contributed by atoms with Gasteiger partial charge in [-0.05, 0) is 66.5 Å². The number of fused-ring (bicyclic) bond motifs is 7. The quantitative estimate of drug-likeness (QED) is 0.172. The van der Waals surface area contributed by atoms with Crippen LogP contribution in [0.2, 0.25) is 0 Å². The third-order valence-electron chi connectivity index (χ3n) is 10.2. The van der Waals surface area contributed by atoms with Gasteiger partial charge in [-0.25, -0.2) is 9.97 Å². The van der Waals surface area contributed by atoms with Crippen molar-refractivity contribution in [3.05, 3.63) is 188 Å². The van der Waals surface area contributed by atoms with E-state index in [9.17, 15) is 0 Å². The van der Waals surface area contributed by atoms with E-state index in [1.807, 2.05) is 36.7 Å². The van der Waals surface area contributed by atoms with Gasteiger partial charge in [0, 0.05) is 40.0 Å². The predicted molar refractivity (Wildman–Crippen MR) is 217 cm³/mol. The molecule has 10 aromatic rings. The van der Waals surface area contributed by atoms with E-state index in [1.54, 1.807) is 0 Å². The first-order valence-corrected chi connectivity index (χ1v) is 17.6. The molecule has 0 amide bonds. The van der Waals surface area contributed by atoms with Gasteiger partial charge in [0.25, 0.3) is 0 Å². The molecule has 0 radical (unpaired) electrons. The van der Waals surface area contributed by atoms with E-state index in [2.05, 4.69) is 157 Å². The molecule has 10 rings (SSSR count). The van der Waals surface area contributed by atoms with Crippen LogP contribution in [0.1, 0.15) is 0 Å². The van der Waals surface area contributed by atoms with Crippen molar-refractivity contribution in [2.45, 2.75) is 0 Å². The van der Waals surface area contributed by atoms with Crippen molar-refractivity contribution in [2.75, 3.05) is 0 Å². The van der Waals surface area contributed by atoms with Crippen LogP contribution in [0.25, 0.3) is 99.2 Å². The molecule has 0 bridgehead atoms. The fraction of sp³-hybridized carbons (Fsp3) is 0. The van der Waals surface area contributed by atoms with Gasteiger partial charge in [-0.15, -0.1) is 0 Å². The fourth-order valence-electron chi connectivity index (χ4n) is 7.55. The molecule has 0 atom stereocenters. The summed E-state index contributed by atoms with van der Waals surface area (Å²) < 4.78 is 0. The minimum absolute atomic E-state index is 0.691. The number of benzene rings is 8. The first kappa shape index (κ1) is 29.9. The molecule has 8 aromatic carbocycles. The second-order valence-electron chi connectivity index (χ2n) is 13.2. The van der Waals surface area contributed by atoms with E-state index in [1.165, 1.54) is 48.8 Å². The number of rotatable bonds is 5. The van der Waals surface area contributed by atoms with Crippen LogP contribution in [-0.4, -0.2) is 15.0 Å². The number of hydrogen-bond acceptors (Lipinski definition) is 3. The summed E-state index contributed by atoms with van der Waals surface area (Å²) in [5.41, 5.74) is 9.40. The van der Waals surface area contributed by atoms with Crippen molar-refractivity contribution in [2.24, 2.45) is 0 Å². The molecule has 3 nitrogen and oxygen atoms in total. The zero-order valence-electron chi connectivity index (χ0n) is 28.2. The van der Waals surface area contributed by atoms with Crippen LogP contribution in [0, 0.1) is 0 Å². The molecule has 0 spiro atoms. The summed E-state index contributed by atoms with van der Waals surface area (Å²) in [5, 5.41) is 9.99. The highest BCUT2D eigenvalue weighted by atomic mass is 14.9. The molecule has 52 heavy (non-hydrogen) atoms. The molecule has 0 aliphatic rings. The fourth-order valence-corrected chi connectivity index (χ4v) is 7.55. The van der Waals surface area contributed by atoms with Crippen LogP contribution in [0.3, 0.4) is 0 Å². The zero-order valence-corrected chi connectivity index (χ0v) is 28.2. The molecule has 2 aromatic heterocycles. The molecule has 0 saturated heterocycles. The smallest absolute Gasteiger partial charge is 0.160 e. The van der Waals surface area contributed by atoms with Crippen molar-refractivity contribution in [1.29, 1.82) is 0 Å². The van der Waals surface area contributed by atoms with Crippen LogP contribution in [0.4, 0.5) is 0 Å². The lowest BCUT2D eigenvalue weighted by Gasteiger charge is -2.13. The Morgan fingerprint density at radius 2 is 0.769 bits per heavy atom. The normalized spacial score (nSPS) is 11.5. The van der Waals surface area contributed by atoms with Gasteiger partial charge in [-0.3, -0.25) is 4.98 Å². The molecule has 2 heterocycles. The van der Waals surface area contributed by atoms with Gasteiger partial charge >= 0.3 is 0 Å². The number of nitrogens with zero attached hydrogens (tertiary/aromatic N) is 3. The van der Waals surface area contributed by atoms with Gasteiger partial charge in [-0.1, -0.05) is 164 Å². The van der Waals surface area contributed by atoms with E-state index in [0.717, 1.165) is 44.6 Å². The molecule has 0 saturated carbocycles. The minimum atomic E-state index is 0.691. The number of hydrogen-bond donors (Lipinski definition) is 0. The highest BCUT2D eigenvalue weighted by Crippen LogP contribution is 2.38. The Labute approximate surface area is 301 Å². The van der Waals surface area contributed by atoms with Crippen molar-refractivity contribution in [3.63, 3.8) is 0 Å². The largest absolute Gasteiger partial charge is 0.263 e. The summed E-state index contributed by atoms with van der Waals surface area (Å²) in [6.45, 7) is 0. The zero-order chi connectivity index (χ0) is 34.4. The van der Waals surface area contributed by atoms with E-state index >= 15 is 0 Å². The van der Waals surface area contributed by atoms with E-state index in [0.29, 0.717) is 5.82 Å². The van der Waals surface area contributed by atoms with Crippen LogP contribution in [0.5, 0.6) is 0 Å². The second-order valence-corrected chi connectivity index (χ2v) is 13.2. The lowest BCUT2D eigenvalue weighted by molar-refractivity contribution is 1.18. The summed E-state index contributed by atoms with van der Waals surface area (Å²) in [6, 6.07) is 62.4. The summed E-state index contributed by atoms with van der Waals surface area (Å²) in [6.07, 6.45) is 3.85. The van der Waals surface area contributed by atoms with Crippen LogP contribution in [0.15, 0.2) is 188 Å². The van der Waals surface area contributed by atoms with E-state index < -0.39 is 0 Å². The first-order chi connectivity index (χ1) is 25.8. The summed E-state index contributed by atoms with van der Waals surface area (Å²) in [5.74, 6) is 0.691. The van der Waals surface area contributed by atoms with Crippen molar-refractivity contribution in [1.82, 2.24) is 15.0 Å². The Balaban J connectivity index is 1.04. The van der Waals surface area contributed by atoms with Crippen molar-refractivity contribution in [3.8, 4) is 56.2 Å². The average Bonchev–Trinajstić information content (AvgIpc) is 3.23. The molecular weight excluding hydrogens is 631 g/mol. The summed E-state index contributed by atoms with van der Waals surface area (Å²) >= 11 is 0. The Hall–Kier alpha value is -6.97. The van der Waals surface area contributed by atoms with Gasteiger partial charge < -0.3 is 0 Å². The molecule has 3 heteroatoms. The third-order valence-corrected chi connectivity index (χ3v) is 10.2. The number of aromatic nitrogens is 3. The lowest BCUT2D eigenvalue weighted by Crippen LogP contribution is -1.96. The van der Waals surface area contributed by atoms with Crippen molar-refractivity contribution >= 4 is 43.1 Å². The Kier molecular flexibility index (Phi) is 7.14. The Morgan fingerprint density at radius 1 is 0.288 bits per heavy atom. The molecule has 0 aliphatic carbocycles. The van der Waals surface area contributed by atoms with Crippen LogP contribution < -0.4 is 0 Å². The van der Waals surface area contributed by atoms with Gasteiger partial charge in [0.05, 0.1) is 11.4 Å². The van der Waals surface area contributed by atoms with E-state index in [4.69, 9.17) is 9.97 Å². The SMILES string of the molecule is c1ccc(-c2cc(-c3ccc(-c4ccc5c6ccccc6c6ccccc6c5c4)cc3)nc(-c3ccc(-c4cncc5ccccc45)cc3)n2)cc1. The summed E-state index contributed by atoms with van der Waals surface area (Å²) in [7, 11) is 0. The maximum absolute atomic E-state index is 5.13. The minimum Gasteiger partial charge on any atom is -0.263 e. The molecule has 0 fully saturated rings. The third kappa shape index (κ3) is 5.19. The highest BCUT2D eigenvalue weighted by molar-refractivity contribution is 6.25. The van der Waals surface area contributed by atoms with Crippen molar-refractivity contribution < 1.29 is 0 Å². The predicted octanol–water partition coefficient (Wildman–Crippen LogP) is 12.8. The maximum atomic E-state index is 5.13. The second kappa shape index (κ2) is 12.4. The van der Waals surface area contributed by atoms with Gasteiger partial charge in [0.15, 0.2) is 5.82 Å². The van der Waals surface area contributed by atoms with E-state index in [-0.39, 0.29) is 0 Å². The molecule has 0 unspecified atom stereocenters. The number of pyridine rings is 1. The van der Waals surface area contributed by atoms with Crippen LogP contribution in [-0.2, 0) is 0 Å². The monoisotopic (exact) mass is 661 g/mol. The molecular formula is C49H31N3. The Bertz CT molecular complexity index is 2890. The topological polar surface area (TPSA) is 38.7 Å². The average molecular weight is 662 g/mol. The maximum Gasteiger partial charge on any atom is 0.160 e.